The second kappa shape index (κ2) is 9.04. The summed E-state index contributed by atoms with van der Waals surface area (Å²) >= 11 is 0. The average Bonchev–Trinajstić information content (AvgIpc) is 2.15. The van der Waals surface area contributed by atoms with Crippen LogP contribution < -0.4 is 5.32 Å². The molecule has 15 heavy (non-hydrogen) atoms. The number of alkyl halides is 2. The lowest BCUT2D eigenvalue weighted by molar-refractivity contribution is 0.0992. The van der Waals surface area contributed by atoms with Gasteiger partial charge in [-0.1, -0.05) is 13.8 Å². The van der Waals surface area contributed by atoms with E-state index < -0.39 is 6.43 Å². The fourth-order valence-corrected chi connectivity index (χ4v) is 1.67. The molecule has 0 aliphatic rings. The van der Waals surface area contributed by atoms with Crippen molar-refractivity contribution in [2.24, 2.45) is 0 Å². The molecule has 92 valence electrons. The molecule has 0 saturated heterocycles. The molecule has 0 saturated carbocycles. The third kappa shape index (κ3) is 8.75. The maximum atomic E-state index is 12.0. The molecular weight excluding hydrogens is 198 g/mol. The van der Waals surface area contributed by atoms with E-state index in [0.29, 0.717) is 6.04 Å². The van der Waals surface area contributed by atoms with Crippen LogP contribution in [0.3, 0.4) is 0 Å². The van der Waals surface area contributed by atoms with Crippen LogP contribution in [0.15, 0.2) is 0 Å². The van der Waals surface area contributed by atoms with Crippen molar-refractivity contribution in [1.29, 1.82) is 0 Å². The van der Waals surface area contributed by atoms with Crippen molar-refractivity contribution < 1.29 is 8.78 Å². The van der Waals surface area contributed by atoms with E-state index in [2.05, 4.69) is 19.2 Å². The van der Waals surface area contributed by atoms with E-state index in [1.54, 1.807) is 11.9 Å². The number of hydrogen-bond acceptors (Lipinski definition) is 2. The Hall–Kier alpha value is -0.220. The molecule has 0 radical (unpaired) electrons. The van der Waals surface area contributed by atoms with Gasteiger partial charge in [-0.25, -0.2) is 8.78 Å². The predicted octanol–water partition coefficient (Wildman–Crippen LogP) is 2.35. The van der Waals surface area contributed by atoms with Crippen LogP contribution in [0.25, 0.3) is 0 Å². The number of hydrogen-bond donors (Lipinski definition) is 1. The molecule has 0 aliphatic carbocycles. The zero-order valence-corrected chi connectivity index (χ0v) is 10.1. The molecule has 0 aliphatic heterocycles. The first-order valence-electron chi connectivity index (χ1n) is 5.80. The minimum absolute atomic E-state index is 0.113. The molecule has 0 rings (SSSR count). The van der Waals surface area contributed by atoms with Gasteiger partial charge in [0.05, 0.1) is 6.54 Å². The number of nitrogens with zero attached hydrogens (tertiary/aromatic N) is 1. The smallest absolute Gasteiger partial charge is 0.251 e. The summed E-state index contributed by atoms with van der Waals surface area (Å²) in [6.07, 6.45) is 0.935. The van der Waals surface area contributed by atoms with Gasteiger partial charge in [-0.15, -0.1) is 0 Å². The van der Waals surface area contributed by atoms with Gasteiger partial charge in [0.1, 0.15) is 0 Å². The molecule has 0 spiro atoms. The second-order valence-electron chi connectivity index (χ2n) is 3.96. The van der Waals surface area contributed by atoms with Crippen LogP contribution in [0.4, 0.5) is 8.78 Å². The average molecular weight is 222 g/mol. The highest BCUT2D eigenvalue weighted by Gasteiger charge is 2.08. The van der Waals surface area contributed by atoms with Crippen molar-refractivity contribution in [2.45, 2.75) is 45.6 Å². The molecule has 0 bridgehead atoms. The molecule has 0 aromatic rings. The van der Waals surface area contributed by atoms with Crippen molar-refractivity contribution in [3.63, 3.8) is 0 Å². The first-order valence-corrected chi connectivity index (χ1v) is 5.80. The first kappa shape index (κ1) is 14.8. The Labute approximate surface area is 92.0 Å². The third-order valence-corrected chi connectivity index (χ3v) is 2.53. The van der Waals surface area contributed by atoms with E-state index in [0.717, 1.165) is 32.4 Å². The van der Waals surface area contributed by atoms with Crippen molar-refractivity contribution in [1.82, 2.24) is 10.2 Å². The maximum Gasteiger partial charge on any atom is 0.251 e. The molecule has 0 amide bonds. The Bertz CT molecular complexity index is 143. The van der Waals surface area contributed by atoms with Crippen LogP contribution >= 0.6 is 0 Å². The minimum Gasteiger partial charge on any atom is -0.314 e. The van der Waals surface area contributed by atoms with Crippen LogP contribution in [-0.4, -0.2) is 44.0 Å². The van der Waals surface area contributed by atoms with Crippen LogP contribution in [0, 0.1) is 0 Å². The number of halogens is 2. The summed E-state index contributed by atoms with van der Waals surface area (Å²) in [5.41, 5.74) is 0. The van der Waals surface area contributed by atoms with E-state index in [-0.39, 0.29) is 6.54 Å². The predicted molar refractivity (Wildman–Crippen MR) is 60.5 cm³/mol. The summed E-state index contributed by atoms with van der Waals surface area (Å²) in [6, 6.07) is 0.537. The molecule has 0 aromatic heterocycles. The van der Waals surface area contributed by atoms with Crippen LogP contribution in [0.5, 0.6) is 0 Å². The standard InChI is InChI=1S/C11H24F2N2/c1-4-10(14-5-2)7-6-8-15(3)9-11(12)13/h10-11,14H,4-9H2,1-3H3. The zero-order valence-electron chi connectivity index (χ0n) is 10.1. The Morgan fingerprint density at radius 2 is 1.93 bits per heavy atom. The molecular formula is C11H24F2N2. The molecule has 0 heterocycles. The Morgan fingerprint density at radius 3 is 2.40 bits per heavy atom. The summed E-state index contributed by atoms with van der Waals surface area (Å²) < 4.78 is 24.0. The summed E-state index contributed by atoms with van der Waals surface area (Å²) in [5.74, 6) is 0. The topological polar surface area (TPSA) is 15.3 Å². The summed E-state index contributed by atoms with van der Waals surface area (Å²) in [4.78, 5) is 1.70. The normalized spacial score (nSPS) is 13.8. The lowest BCUT2D eigenvalue weighted by atomic mass is 10.1. The Balaban J connectivity index is 3.49. The summed E-state index contributed by atoms with van der Waals surface area (Å²) in [6.45, 7) is 5.86. The van der Waals surface area contributed by atoms with Crippen LogP contribution in [0.1, 0.15) is 33.1 Å². The quantitative estimate of drug-likeness (QED) is 0.644. The van der Waals surface area contributed by atoms with E-state index in [1.165, 1.54) is 0 Å². The lowest BCUT2D eigenvalue weighted by Crippen LogP contribution is -2.30. The van der Waals surface area contributed by atoms with Crippen molar-refractivity contribution >= 4 is 0 Å². The van der Waals surface area contributed by atoms with Gasteiger partial charge in [0, 0.05) is 6.04 Å². The summed E-state index contributed by atoms with van der Waals surface area (Å²) in [7, 11) is 1.75. The molecule has 1 N–H and O–H groups in total. The number of rotatable bonds is 9. The highest BCUT2D eigenvalue weighted by Crippen LogP contribution is 2.03. The van der Waals surface area contributed by atoms with Gasteiger partial charge in [0.25, 0.3) is 6.43 Å². The van der Waals surface area contributed by atoms with E-state index in [1.807, 2.05) is 0 Å². The highest BCUT2D eigenvalue weighted by molar-refractivity contribution is 4.65. The number of nitrogens with one attached hydrogen (secondary N) is 1. The monoisotopic (exact) mass is 222 g/mol. The molecule has 1 atom stereocenters. The first-order chi connectivity index (χ1) is 7.10. The van der Waals surface area contributed by atoms with Gasteiger partial charge in [0.2, 0.25) is 0 Å². The summed E-state index contributed by atoms with van der Waals surface area (Å²) in [5, 5.41) is 3.38. The van der Waals surface area contributed by atoms with Crippen molar-refractivity contribution in [2.75, 3.05) is 26.7 Å². The van der Waals surface area contributed by atoms with Gasteiger partial charge in [-0.2, -0.15) is 0 Å². The lowest BCUT2D eigenvalue weighted by Gasteiger charge is -2.19. The highest BCUT2D eigenvalue weighted by atomic mass is 19.3. The maximum absolute atomic E-state index is 12.0. The third-order valence-electron chi connectivity index (χ3n) is 2.53. The van der Waals surface area contributed by atoms with Gasteiger partial charge >= 0.3 is 0 Å². The Morgan fingerprint density at radius 1 is 1.27 bits per heavy atom. The van der Waals surface area contributed by atoms with Gasteiger partial charge < -0.3 is 10.2 Å². The molecule has 2 nitrogen and oxygen atoms in total. The largest absolute Gasteiger partial charge is 0.314 e. The molecule has 0 fully saturated rings. The molecule has 1 unspecified atom stereocenters. The molecule has 4 heteroatoms. The van der Waals surface area contributed by atoms with Gasteiger partial charge in [-0.05, 0) is 39.4 Å². The van der Waals surface area contributed by atoms with Crippen molar-refractivity contribution in [3.8, 4) is 0 Å². The molecule has 0 aromatic carbocycles. The van der Waals surface area contributed by atoms with E-state index >= 15 is 0 Å². The van der Waals surface area contributed by atoms with Crippen LogP contribution in [0.2, 0.25) is 0 Å². The SMILES string of the molecule is CCNC(CC)CCCN(C)CC(F)F. The fourth-order valence-electron chi connectivity index (χ4n) is 1.67. The van der Waals surface area contributed by atoms with E-state index in [9.17, 15) is 8.78 Å². The Kier molecular flexibility index (Phi) is 8.91. The van der Waals surface area contributed by atoms with Gasteiger partial charge in [-0.3, -0.25) is 0 Å². The van der Waals surface area contributed by atoms with E-state index in [4.69, 9.17) is 0 Å². The van der Waals surface area contributed by atoms with Crippen molar-refractivity contribution in [3.05, 3.63) is 0 Å². The zero-order chi connectivity index (χ0) is 11.7. The fraction of sp³-hybridized carbons (Fsp3) is 1.00. The van der Waals surface area contributed by atoms with Crippen LogP contribution in [-0.2, 0) is 0 Å². The second-order valence-corrected chi connectivity index (χ2v) is 3.96. The van der Waals surface area contributed by atoms with Gasteiger partial charge in [0.15, 0.2) is 0 Å². The minimum atomic E-state index is -2.22.